The molecule has 0 spiro atoms. The molecule has 2 amide bonds. The molecule has 3 aliphatic rings. The summed E-state index contributed by atoms with van der Waals surface area (Å²) < 4.78 is 40.9. The summed E-state index contributed by atoms with van der Waals surface area (Å²) in [6, 6.07) is 29.8. The summed E-state index contributed by atoms with van der Waals surface area (Å²) in [6.45, 7) is 3.78. The molecule has 5 aromatic carbocycles. The zero-order valence-corrected chi connectivity index (χ0v) is 41.0. The van der Waals surface area contributed by atoms with Gasteiger partial charge >= 0.3 is 12.2 Å². The summed E-state index contributed by atoms with van der Waals surface area (Å²) in [4.78, 5) is 58.1. The van der Waals surface area contributed by atoms with Crippen molar-refractivity contribution >= 4 is 29.3 Å². The number of rotatable bonds is 23. The Morgan fingerprint density at radius 2 is 1.48 bits per heavy atom. The van der Waals surface area contributed by atoms with E-state index in [-0.39, 0.29) is 80.6 Å². The molecule has 3 N–H and O–H groups in total. The maximum absolute atomic E-state index is 15.1. The van der Waals surface area contributed by atoms with Crippen molar-refractivity contribution in [3.05, 3.63) is 194 Å². The number of nitro benzene ring substituents is 2. The normalized spacial score (nSPS) is 20.8. The zero-order valence-electron chi connectivity index (χ0n) is 41.0. The van der Waals surface area contributed by atoms with E-state index in [1.165, 1.54) is 65.6 Å². The summed E-state index contributed by atoms with van der Waals surface area (Å²) in [5.74, 6) is -3.43. The Kier molecular flexibility index (Phi) is 17.6. The predicted molar refractivity (Wildman–Crippen MR) is 273 cm³/mol. The number of fused-ring (bicyclic) bond motifs is 2. The number of amides is 2. The van der Waals surface area contributed by atoms with Crippen LogP contribution in [0.2, 0.25) is 0 Å². The van der Waals surface area contributed by atoms with Crippen LogP contribution in [-0.4, -0.2) is 74.5 Å². The third kappa shape index (κ3) is 12.7. The number of halogens is 1. The number of hydrogen-bond donors (Lipinski definition) is 3. The van der Waals surface area contributed by atoms with Gasteiger partial charge in [0.15, 0.2) is 0 Å². The number of oxime groups is 1. The van der Waals surface area contributed by atoms with E-state index in [4.69, 9.17) is 28.9 Å². The predicted octanol–water partition coefficient (Wildman–Crippen LogP) is 10.5. The molecule has 1 aliphatic heterocycles. The van der Waals surface area contributed by atoms with E-state index in [0.29, 0.717) is 72.2 Å². The van der Waals surface area contributed by atoms with Crippen LogP contribution in [0.3, 0.4) is 0 Å². The second kappa shape index (κ2) is 24.8. The number of carbonyl (C=O) groups excluding carboxylic acids is 2. The molecular formula is C56H58FN5O13. The van der Waals surface area contributed by atoms with E-state index in [9.17, 15) is 39.6 Å². The molecule has 5 aromatic rings. The number of ether oxygens (including phenoxy) is 4. The van der Waals surface area contributed by atoms with Gasteiger partial charge in [-0.1, -0.05) is 72.6 Å². The molecule has 75 heavy (non-hydrogen) atoms. The minimum absolute atomic E-state index is 0.00654. The van der Waals surface area contributed by atoms with E-state index >= 15 is 4.79 Å². The summed E-state index contributed by atoms with van der Waals surface area (Å²) in [6.07, 6.45) is 5.59. The highest BCUT2D eigenvalue weighted by Gasteiger charge is 2.66. The molecule has 0 aromatic heterocycles. The molecule has 19 heteroatoms. The third-order valence-corrected chi connectivity index (χ3v) is 13.8. The fourth-order valence-electron chi connectivity index (χ4n) is 10.4. The Morgan fingerprint density at radius 1 is 0.827 bits per heavy atom. The Bertz CT molecular complexity index is 2870. The Morgan fingerprint density at radius 3 is 2.15 bits per heavy atom. The fourth-order valence-corrected chi connectivity index (χ4v) is 10.4. The first-order valence-corrected chi connectivity index (χ1v) is 24.8. The van der Waals surface area contributed by atoms with E-state index in [2.05, 4.69) is 18.0 Å². The van der Waals surface area contributed by atoms with Crippen LogP contribution in [0.25, 0.3) is 0 Å². The number of nitrogens with one attached hydrogen (secondary N) is 1. The summed E-state index contributed by atoms with van der Waals surface area (Å²) in [5.41, 5.74) is 3.39. The van der Waals surface area contributed by atoms with Crippen molar-refractivity contribution in [2.24, 2.45) is 22.9 Å². The lowest BCUT2D eigenvalue weighted by molar-refractivity contribution is -0.385. The van der Waals surface area contributed by atoms with Crippen molar-refractivity contribution < 1.29 is 57.8 Å². The average Bonchev–Trinajstić information content (AvgIpc) is 3.44. The molecule has 1 fully saturated rings. The van der Waals surface area contributed by atoms with Gasteiger partial charge in [0.2, 0.25) is 5.79 Å². The number of nitrogens with zero attached hydrogens (tertiary/aromatic N) is 4. The van der Waals surface area contributed by atoms with E-state index in [1.54, 1.807) is 36.4 Å². The largest absolute Gasteiger partial charge is 0.459 e. The fraction of sp³-hybridized carbons (Fsp3) is 0.339. The molecule has 1 heterocycles. The Hall–Kier alpha value is -8.00. The molecule has 392 valence electrons. The molecular weight excluding hydrogens is 970 g/mol. The summed E-state index contributed by atoms with van der Waals surface area (Å²) >= 11 is 0. The quantitative estimate of drug-likeness (QED) is 0.0239. The van der Waals surface area contributed by atoms with Crippen molar-refractivity contribution in [1.29, 1.82) is 0 Å². The van der Waals surface area contributed by atoms with Crippen LogP contribution in [0.1, 0.15) is 73.1 Å². The number of non-ortho nitro benzene ring substituents is 2. The number of hydrogen-bond acceptors (Lipinski definition) is 14. The van der Waals surface area contributed by atoms with Gasteiger partial charge in [-0.15, -0.1) is 6.58 Å². The lowest BCUT2D eigenvalue weighted by Gasteiger charge is -2.59. The van der Waals surface area contributed by atoms with Crippen molar-refractivity contribution in [2.45, 2.75) is 82.4 Å². The number of allylic oxidation sites excluding steroid dienone is 1. The van der Waals surface area contributed by atoms with Crippen molar-refractivity contribution in [3.63, 3.8) is 0 Å². The van der Waals surface area contributed by atoms with Crippen LogP contribution in [0.5, 0.6) is 17.2 Å². The van der Waals surface area contributed by atoms with Gasteiger partial charge in [0, 0.05) is 68.5 Å². The monoisotopic (exact) mass is 1030 g/mol. The van der Waals surface area contributed by atoms with Crippen LogP contribution in [0, 0.1) is 43.8 Å². The maximum Gasteiger partial charge on any atom is 0.416 e. The average molecular weight is 1030 g/mol. The minimum atomic E-state index is -1.79. The molecule has 0 bridgehead atoms. The standard InChI is InChI=1S/C56H58FN5O13/c1-2-30-71-56-51(60(35-38-14-18-41(57)19-15-38)55(66)74-44-24-22-43(23-25-44)62(69)70)33-49(59-72-36-39-16-20-42(21-17-39)61(67)68)47-31-40(12-6-8-28-63)46(13-7-9-29-64)52(53(47)56)48-32-45(26-27-50(48)75-56)73-54(65)58-34-37-10-4-3-5-11-37/h2-5,10-11,14-27,31-32,40,46,51-53,63-64H,1,6-9,12-13,28-30,33-36H2,(H,58,65). The lowest BCUT2D eigenvalue weighted by atomic mass is 9.55. The number of unbranched alkanes of at least 4 members (excludes halogenated alkanes) is 2. The summed E-state index contributed by atoms with van der Waals surface area (Å²) in [5, 5.41) is 50.7. The van der Waals surface area contributed by atoms with Gasteiger partial charge in [-0.2, -0.15) is 0 Å². The van der Waals surface area contributed by atoms with Gasteiger partial charge in [-0.05, 0) is 114 Å². The number of aliphatic hydroxyl groups is 2. The van der Waals surface area contributed by atoms with Gasteiger partial charge in [0.05, 0.1) is 28.1 Å². The van der Waals surface area contributed by atoms with Gasteiger partial charge < -0.3 is 39.3 Å². The van der Waals surface area contributed by atoms with E-state index < -0.39 is 51.5 Å². The lowest BCUT2D eigenvalue weighted by Crippen LogP contribution is -2.70. The zero-order chi connectivity index (χ0) is 52.9. The summed E-state index contributed by atoms with van der Waals surface area (Å²) in [7, 11) is 0. The molecule has 18 nitrogen and oxygen atoms in total. The molecule has 2 aliphatic carbocycles. The molecule has 0 radical (unpaired) electrons. The first-order valence-electron chi connectivity index (χ1n) is 24.8. The van der Waals surface area contributed by atoms with Crippen LogP contribution in [-0.2, 0) is 29.3 Å². The van der Waals surface area contributed by atoms with Crippen LogP contribution in [0.15, 0.2) is 151 Å². The van der Waals surface area contributed by atoms with E-state index in [1.807, 2.05) is 30.3 Å². The number of carbonyl (C=O) groups is 2. The molecule has 6 atom stereocenters. The first-order chi connectivity index (χ1) is 36.4. The van der Waals surface area contributed by atoms with Crippen LogP contribution >= 0.6 is 0 Å². The maximum atomic E-state index is 15.1. The minimum Gasteiger partial charge on any atom is -0.459 e. The highest BCUT2D eigenvalue weighted by molar-refractivity contribution is 6.03. The molecule has 0 saturated heterocycles. The highest BCUT2D eigenvalue weighted by atomic mass is 19.1. The van der Waals surface area contributed by atoms with E-state index in [0.717, 1.165) is 5.56 Å². The van der Waals surface area contributed by atoms with Crippen LogP contribution in [0.4, 0.5) is 25.4 Å². The van der Waals surface area contributed by atoms with Gasteiger partial charge in [0.1, 0.15) is 35.7 Å². The van der Waals surface area contributed by atoms with Crippen molar-refractivity contribution in [3.8, 4) is 17.2 Å². The van der Waals surface area contributed by atoms with Crippen molar-refractivity contribution in [2.75, 3.05) is 19.8 Å². The molecule has 6 unspecified atom stereocenters. The highest BCUT2D eigenvalue weighted by Crippen LogP contribution is 2.62. The topological polar surface area (TPSA) is 235 Å². The third-order valence-electron chi connectivity index (χ3n) is 13.8. The number of aliphatic hydroxyl groups excluding tert-OH is 2. The SMILES string of the molecule is C=CCOC12Oc3ccc(OC(=O)NCc4ccccc4)cc3C3C(CCCCO)C(CCCCO)C=C(C(=NOCc4ccc([N+](=O)[O-])cc4)CC1N(Cc1ccc(F)cc1)C(=O)Oc1ccc([N+](=O)[O-])cc1)C32. The van der Waals surface area contributed by atoms with Gasteiger partial charge in [0.25, 0.3) is 11.4 Å². The smallest absolute Gasteiger partial charge is 0.416 e. The molecule has 1 saturated carbocycles. The van der Waals surface area contributed by atoms with Crippen molar-refractivity contribution in [1.82, 2.24) is 10.2 Å². The van der Waals surface area contributed by atoms with Gasteiger partial charge in [-0.3, -0.25) is 25.1 Å². The number of nitro groups is 2. The first kappa shape index (κ1) is 53.3. The molecule has 8 rings (SSSR count). The number of benzene rings is 5. The Balaban J connectivity index is 1.31. The second-order valence-electron chi connectivity index (χ2n) is 18.6. The van der Waals surface area contributed by atoms with Crippen LogP contribution < -0.4 is 19.5 Å². The Labute approximate surface area is 432 Å². The van der Waals surface area contributed by atoms with Gasteiger partial charge in [-0.25, -0.2) is 14.0 Å². The second-order valence-corrected chi connectivity index (χ2v) is 18.6.